The van der Waals surface area contributed by atoms with E-state index in [1.165, 1.54) is 6.08 Å². The first kappa shape index (κ1) is 23.7. The van der Waals surface area contributed by atoms with Crippen LogP contribution in [0.2, 0.25) is 0 Å². The Hall–Kier alpha value is -3.56. The topological polar surface area (TPSA) is 88.8 Å². The molecule has 0 radical (unpaired) electrons. The third kappa shape index (κ3) is 9.66. The molecule has 6 nitrogen and oxygen atoms in total. The smallest absolute Gasteiger partial charge is 0.330 e. The van der Waals surface area contributed by atoms with Crippen LogP contribution in [-0.2, 0) is 9.53 Å². The molecule has 0 aliphatic carbocycles. The van der Waals surface area contributed by atoms with Gasteiger partial charge in [-0.05, 0) is 73.7 Å². The molecule has 1 N–H and O–H groups in total. The van der Waals surface area contributed by atoms with Crippen LogP contribution < -0.4 is 9.47 Å². The van der Waals surface area contributed by atoms with E-state index in [4.69, 9.17) is 19.5 Å². The number of nitriles is 1. The maximum absolute atomic E-state index is 10.9. The Morgan fingerprint density at radius 1 is 1.00 bits per heavy atom. The zero-order valence-corrected chi connectivity index (χ0v) is 17.4. The van der Waals surface area contributed by atoms with Crippen molar-refractivity contribution in [2.75, 3.05) is 13.2 Å². The fourth-order valence-corrected chi connectivity index (χ4v) is 2.63. The van der Waals surface area contributed by atoms with Crippen LogP contribution in [0.25, 0.3) is 6.08 Å². The fourth-order valence-electron chi connectivity index (χ4n) is 2.63. The molecule has 0 heterocycles. The summed E-state index contributed by atoms with van der Waals surface area (Å²) in [5.41, 5.74) is 1.44. The molecular weight excluding hydrogens is 394 g/mol. The number of benzene rings is 2. The second-order valence-electron chi connectivity index (χ2n) is 6.71. The van der Waals surface area contributed by atoms with Crippen LogP contribution in [0.15, 0.2) is 67.3 Å². The first-order chi connectivity index (χ1) is 15.1. The van der Waals surface area contributed by atoms with E-state index >= 15 is 0 Å². The Kier molecular flexibility index (Phi) is 10.4. The first-order valence-corrected chi connectivity index (χ1v) is 10.2. The number of nitrogens with zero attached hydrogens (tertiary/aromatic N) is 1. The molecule has 1 unspecified atom stereocenters. The lowest BCUT2D eigenvalue weighted by atomic mass is 10.2. The van der Waals surface area contributed by atoms with E-state index in [1.54, 1.807) is 36.4 Å². The minimum atomic E-state index is -1.09. The Labute approximate surface area is 183 Å². The lowest BCUT2D eigenvalue weighted by molar-refractivity contribution is -0.137. The molecule has 0 aliphatic heterocycles. The van der Waals surface area contributed by atoms with Crippen molar-refractivity contribution in [3.8, 4) is 17.6 Å². The first-order valence-electron chi connectivity index (χ1n) is 10.2. The summed E-state index contributed by atoms with van der Waals surface area (Å²) < 4.78 is 16.0. The van der Waals surface area contributed by atoms with Gasteiger partial charge in [0, 0.05) is 6.08 Å². The quantitative estimate of drug-likeness (QED) is 0.219. The molecule has 0 saturated heterocycles. The largest absolute Gasteiger partial charge is 0.494 e. The summed E-state index contributed by atoms with van der Waals surface area (Å²) in [5, 5.41) is 18.8. The van der Waals surface area contributed by atoms with Gasteiger partial charge in [-0.1, -0.05) is 24.8 Å². The minimum absolute atomic E-state index is 0.380. The van der Waals surface area contributed by atoms with Crippen LogP contribution in [0.5, 0.6) is 11.5 Å². The van der Waals surface area contributed by atoms with Crippen molar-refractivity contribution in [2.24, 2.45) is 0 Å². The molecule has 6 heteroatoms. The molecule has 2 aromatic rings. The average molecular weight is 421 g/mol. The van der Waals surface area contributed by atoms with Gasteiger partial charge in [-0.3, -0.25) is 0 Å². The predicted octanol–water partition coefficient (Wildman–Crippen LogP) is 4.64. The van der Waals surface area contributed by atoms with Gasteiger partial charge in [-0.15, -0.1) is 0 Å². The minimum Gasteiger partial charge on any atom is -0.494 e. The van der Waals surface area contributed by atoms with E-state index in [-0.39, 0.29) is 5.97 Å². The summed E-state index contributed by atoms with van der Waals surface area (Å²) in [6.45, 7) is 4.40. The SMILES string of the molecule is C=CC(=O)OCCCCCCOc1ccc(/C=C/C(O)Oc2ccc(C#N)cc2)cc1. The molecule has 0 amide bonds. The molecular formula is C25H27NO5. The third-order valence-electron chi connectivity index (χ3n) is 4.29. The van der Waals surface area contributed by atoms with Gasteiger partial charge in [0.1, 0.15) is 11.5 Å². The molecule has 0 saturated carbocycles. The van der Waals surface area contributed by atoms with Crippen LogP contribution in [0.4, 0.5) is 0 Å². The maximum atomic E-state index is 10.9. The number of carbonyl (C=O) groups excluding carboxylic acids is 1. The number of rotatable bonds is 13. The summed E-state index contributed by atoms with van der Waals surface area (Å²) in [7, 11) is 0. The van der Waals surface area contributed by atoms with Crippen molar-refractivity contribution < 1.29 is 24.1 Å². The summed E-state index contributed by atoms with van der Waals surface area (Å²) in [6, 6.07) is 16.1. The highest BCUT2D eigenvalue weighted by Gasteiger charge is 2.02. The zero-order valence-electron chi connectivity index (χ0n) is 17.4. The van der Waals surface area contributed by atoms with Crippen molar-refractivity contribution in [3.05, 3.63) is 78.4 Å². The number of hydrogen-bond acceptors (Lipinski definition) is 6. The van der Waals surface area contributed by atoms with E-state index < -0.39 is 6.29 Å². The molecule has 162 valence electrons. The van der Waals surface area contributed by atoms with Gasteiger partial charge in [0.25, 0.3) is 0 Å². The molecule has 0 aromatic heterocycles. The van der Waals surface area contributed by atoms with Crippen molar-refractivity contribution in [3.63, 3.8) is 0 Å². The van der Waals surface area contributed by atoms with Gasteiger partial charge >= 0.3 is 5.97 Å². The summed E-state index contributed by atoms with van der Waals surface area (Å²) >= 11 is 0. The van der Waals surface area contributed by atoms with Gasteiger partial charge in [-0.2, -0.15) is 5.26 Å². The van der Waals surface area contributed by atoms with Crippen molar-refractivity contribution >= 4 is 12.0 Å². The Bertz CT molecular complexity index is 882. The second-order valence-corrected chi connectivity index (χ2v) is 6.71. The van der Waals surface area contributed by atoms with Gasteiger partial charge < -0.3 is 19.3 Å². The molecule has 31 heavy (non-hydrogen) atoms. The van der Waals surface area contributed by atoms with Crippen LogP contribution >= 0.6 is 0 Å². The molecule has 2 rings (SSSR count). The lowest BCUT2D eigenvalue weighted by Gasteiger charge is -2.09. The summed E-state index contributed by atoms with van der Waals surface area (Å²) in [4.78, 5) is 10.9. The predicted molar refractivity (Wildman–Crippen MR) is 118 cm³/mol. The molecule has 0 fully saturated rings. The van der Waals surface area contributed by atoms with Gasteiger partial charge in [-0.25, -0.2) is 4.79 Å². The van der Waals surface area contributed by atoms with Crippen LogP contribution in [0.1, 0.15) is 36.8 Å². The normalized spacial score (nSPS) is 11.5. The third-order valence-corrected chi connectivity index (χ3v) is 4.29. The number of carbonyl (C=O) groups is 1. The maximum Gasteiger partial charge on any atom is 0.330 e. The highest BCUT2D eigenvalue weighted by atomic mass is 16.6. The molecule has 1 atom stereocenters. The monoisotopic (exact) mass is 421 g/mol. The number of unbranched alkanes of at least 4 members (excludes halogenated alkanes) is 3. The average Bonchev–Trinajstić information content (AvgIpc) is 2.80. The second kappa shape index (κ2) is 13.6. The molecule has 0 bridgehead atoms. The Morgan fingerprint density at radius 2 is 1.65 bits per heavy atom. The zero-order chi connectivity index (χ0) is 22.3. The number of aliphatic hydroxyl groups is 1. The van der Waals surface area contributed by atoms with Crippen molar-refractivity contribution in [1.29, 1.82) is 5.26 Å². The summed E-state index contributed by atoms with van der Waals surface area (Å²) in [5.74, 6) is 0.888. The Morgan fingerprint density at radius 3 is 2.29 bits per heavy atom. The van der Waals surface area contributed by atoms with Gasteiger partial charge in [0.15, 0.2) is 0 Å². The van der Waals surface area contributed by atoms with E-state index in [9.17, 15) is 9.90 Å². The Balaban J connectivity index is 1.63. The molecule has 0 spiro atoms. The number of ether oxygens (including phenoxy) is 3. The fraction of sp³-hybridized carbons (Fsp3) is 0.280. The van der Waals surface area contributed by atoms with Crippen molar-refractivity contribution in [1.82, 2.24) is 0 Å². The van der Waals surface area contributed by atoms with E-state index in [0.717, 1.165) is 37.0 Å². The molecule has 0 aliphatic rings. The van der Waals surface area contributed by atoms with Crippen LogP contribution in [0, 0.1) is 11.3 Å². The van der Waals surface area contributed by atoms with E-state index in [2.05, 4.69) is 6.58 Å². The number of hydrogen-bond donors (Lipinski definition) is 1. The number of aliphatic hydroxyl groups excluding tert-OH is 1. The van der Waals surface area contributed by atoms with Crippen LogP contribution in [0.3, 0.4) is 0 Å². The van der Waals surface area contributed by atoms with E-state index in [1.807, 2.05) is 30.3 Å². The van der Waals surface area contributed by atoms with Crippen LogP contribution in [-0.4, -0.2) is 30.6 Å². The van der Waals surface area contributed by atoms with E-state index in [0.29, 0.717) is 24.5 Å². The lowest BCUT2D eigenvalue weighted by Crippen LogP contribution is -2.11. The highest BCUT2D eigenvalue weighted by Crippen LogP contribution is 2.16. The van der Waals surface area contributed by atoms with Crippen molar-refractivity contribution in [2.45, 2.75) is 32.0 Å². The summed E-state index contributed by atoms with van der Waals surface area (Å²) in [6.07, 6.45) is 7.12. The number of esters is 1. The van der Waals surface area contributed by atoms with Gasteiger partial charge in [0.2, 0.25) is 6.29 Å². The molecule has 2 aromatic carbocycles. The van der Waals surface area contributed by atoms with Gasteiger partial charge in [0.05, 0.1) is 24.8 Å². The highest BCUT2D eigenvalue weighted by molar-refractivity contribution is 5.81. The standard InChI is InChI=1S/C25H27NO5/c1-2-24(27)30-18-6-4-3-5-17-29-22-12-7-20(8-13-22)11-16-25(28)31-23-14-9-21(19-26)10-15-23/h2,7-16,25,28H,1,3-6,17-18H2/b16-11+.